The monoisotopic (exact) mass is 258 g/mol. The predicted octanol–water partition coefficient (Wildman–Crippen LogP) is 0.570. The Labute approximate surface area is 108 Å². The van der Waals surface area contributed by atoms with Crippen LogP contribution in [0.1, 0.15) is 13.8 Å². The Hall–Kier alpha value is -1.30. The van der Waals surface area contributed by atoms with Crippen LogP contribution in [0.25, 0.3) is 0 Å². The number of carbonyl (C=O) groups excluding carboxylic acids is 2. The van der Waals surface area contributed by atoms with Gasteiger partial charge in [0.25, 0.3) is 0 Å². The second-order valence-corrected chi connectivity index (χ2v) is 4.77. The quantitative estimate of drug-likeness (QED) is 0.739. The third kappa shape index (κ3) is 4.52. The van der Waals surface area contributed by atoms with Gasteiger partial charge in [-0.2, -0.15) is 0 Å². The molecule has 2 amide bonds. The highest BCUT2D eigenvalue weighted by Gasteiger charge is 2.24. The van der Waals surface area contributed by atoms with Gasteiger partial charge in [-0.15, -0.1) is 0 Å². The number of piperazine rings is 1. The SMILES string of the molecule is COCC(=O)N1CCN(C(=O)OCC(C)C)CC1. The van der Waals surface area contributed by atoms with E-state index in [0.29, 0.717) is 38.7 Å². The molecule has 0 radical (unpaired) electrons. The molecule has 0 N–H and O–H groups in total. The summed E-state index contributed by atoms with van der Waals surface area (Å²) in [5, 5.41) is 0. The van der Waals surface area contributed by atoms with Crippen LogP contribution in [0.15, 0.2) is 0 Å². The molecule has 0 unspecified atom stereocenters. The van der Waals surface area contributed by atoms with E-state index in [9.17, 15) is 9.59 Å². The zero-order chi connectivity index (χ0) is 13.5. The highest BCUT2D eigenvalue weighted by molar-refractivity contribution is 5.78. The van der Waals surface area contributed by atoms with Crippen LogP contribution < -0.4 is 0 Å². The van der Waals surface area contributed by atoms with E-state index in [4.69, 9.17) is 9.47 Å². The topological polar surface area (TPSA) is 59.1 Å². The number of hydrogen-bond donors (Lipinski definition) is 0. The zero-order valence-electron chi connectivity index (χ0n) is 11.3. The van der Waals surface area contributed by atoms with Crippen molar-refractivity contribution < 1.29 is 19.1 Å². The summed E-state index contributed by atoms with van der Waals surface area (Å²) < 4.78 is 9.94. The lowest BCUT2D eigenvalue weighted by Crippen LogP contribution is -2.51. The summed E-state index contributed by atoms with van der Waals surface area (Å²) in [6.45, 7) is 6.64. The van der Waals surface area contributed by atoms with Crippen molar-refractivity contribution in [3.05, 3.63) is 0 Å². The molecule has 1 rings (SSSR count). The van der Waals surface area contributed by atoms with E-state index >= 15 is 0 Å². The number of amides is 2. The Morgan fingerprint density at radius 2 is 1.67 bits per heavy atom. The molecule has 104 valence electrons. The lowest BCUT2D eigenvalue weighted by Gasteiger charge is -2.34. The molecule has 0 aromatic heterocycles. The van der Waals surface area contributed by atoms with E-state index in [1.807, 2.05) is 13.8 Å². The Balaban J connectivity index is 2.30. The first-order valence-electron chi connectivity index (χ1n) is 6.23. The lowest BCUT2D eigenvalue weighted by molar-refractivity contribution is -0.136. The highest BCUT2D eigenvalue weighted by Crippen LogP contribution is 2.05. The Kier molecular flexibility index (Phi) is 5.91. The van der Waals surface area contributed by atoms with Gasteiger partial charge in [0, 0.05) is 33.3 Å². The fourth-order valence-electron chi connectivity index (χ4n) is 1.68. The van der Waals surface area contributed by atoms with Crippen molar-refractivity contribution in [1.82, 2.24) is 9.80 Å². The molecule has 0 spiro atoms. The summed E-state index contributed by atoms with van der Waals surface area (Å²) in [5.74, 6) is 0.297. The molecule has 1 saturated heterocycles. The van der Waals surface area contributed by atoms with Crippen LogP contribution in [0.2, 0.25) is 0 Å². The van der Waals surface area contributed by atoms with Gasteiger partial charge in [-0.05, 0) is 5.92 Å². The van der Waals surface area contributed by atoms with Crippen molar-refractivity contribution in [2.24, 2.45) is 5.92 Å². The maximum atomic E-state index is 11.7. The summed E-state index contributed by atoms with van der Waals surface area (Å²) >= 11 is 0. The maximum absolute atomic E-state index is 11.7. The minimum absolute atomic E-state index is 0.0345. The molecule has 18 heavy (non-hydrogen) atoms. The van der Waals surface area contributed by atoms with Crippen LogP contribution in [0.4, 0.5) is 4.79 Å². The molecule has 6 nitrogen and oxygen atoms in total. The van der Waals surface area contributed by atoms with Gasteiger partial charge in [0.05, 0.1) is 6.61 Å². The molecule has 1 aliphatic rings. The average Bonchev–Trinajstić information content (AvgIpc) is 2.36. The minimum atomic E-state index is -0.289. The number of methoxy groups -OCH3 is 1. The molecule has 1 fully saturated rings. The van der Waals surface area contributed by atoms with Crippen molar-refractivity contribution in [2.75, 3.05) is 46.5 Å². The molecule has 0 bridgehead atoms. The van der Waals surface area contributed by atoms with Crippen molar-refractivity contribution >= 4 is 12.0 Å². The fourth-order valence-corrected chi connectivity index (χ4v) is 1.68. The second-order valence-electron chi connectivity index (χ2n) is 4.77. The number of ether oxygens (including phenoxy) is 2. The predicted molar refractivity (Wildman–Crippen MR) is 66.2 cm³/mol. The van der Waals surface area contributed by atoms with Gasteiger partial charge in [-0.1, -0.05) is 13.8 Å². The van der Waals surface area contributed by atoms with Crippen LogP contribution in [0.3, 0.4) is 0 Å². The van der Waals surface area contributed by atoms with Crippen molar-refractivity contribution in [2.45, 2.75) is 13.8 Å². The summed E-state index contributed by atoms with van der Waals surface area (Å²) in [6, 6.07) is 0. The molecular weight excluding hydrogens is 236 g/mol. The first-order valence-corrected chi connectivity index (χ1v) is 6.23. The molecule has 0 aromatic rings. The third-order valence-electron chi connectivity index (χ3n) is 2.70. The van der Waals surface area contributed by atoms with Crippen LogP contribution >= 0.6 is 0 Å². The summed E-state index contributed by atoms with van der Waals surface area (Å²) in [4.78, 5) is 26.6. The highest BCUT2D eigenvalue weighted by atomic mass is 16.6. The molecule has 1 aliphatic heterocycles. The molecule has 0 aliphatic carbocycles. The van der Waals surface area contributed by atoms with Gasteiger partial charge in [0.15, 0.2) is 0 Å². The van der Waals surface area contributed by atoms with Crippen molar-refractivity contribution in [1.29, 1.82) is 0 Å². The molecule has 0 atom stereocenters. The molecule has 0 saturated carbocycles. The summed E-state index contributed by atoms with van der Waals surface area (Å²) in [5.41, 5.74) is 0. The van der Waals surface area contributed by atoms with Gasteiger partial charge < -0.3 is 19.3 Å². The smallest absolute Gasteiger partial charge is 0.409 e. The standard InChI is InChI=1S/C12H22N2O4/c1-10(2)8-18-12(16)14-6-4-13(5-7-14)11(15)9-17-3/h10H,4-9H2,1-3H3. The van der Waals surface area contributed by atoms with Crippen LogP contribution in [-0.4, -0.2) is 68.3 Å². The largest absolute Gasteiger partial charge is 0.449 e. The van der Waals surface area contributed by atoms with Gasteiger partial charge in [-0.3, -0.25) is 4.79 Å². The average molecular weight is 258 g/mol. The van der Waals surface area contributed by atoms with Crippen LogP contribution in [0.5, 0.6) is 0 Å². The van der Waals surface area contributed by atoms with Crippen molar-refractivity contribution in [3.63, 3.8) is 0 Å². The summed E-state index contributed by atoms with van der Waals surface area (Å²) in [7, 11) is 1.50. The van der Waals surface area contributed by atoms with Crippen molar-refractivity contribution in [3.8, 4) is 0 Å². The number of nitrogens with zero attached hydrogens (tertiary/aromatic N) is 2. The first kappa shape index (κ1) is 14.8. The van der Waals surface area contributed by atoms with E-state index in [1.165, 1.54) is 7.11 Å². The van der Waals surface area contributed by atoms with Gasteiger partial charge in [0.1, 0.15) is 6.61 Å². The zero-order valence-corrected chi connectivity index (χ0v) is 11.3. The second kappa shape index (κ2) is 7.20. The van der Waals surface area contributed by atoms with E-state index < -0.39 is 0 Å². The number of rotatable bonds is 4. The van der Waals surface area contributed by atoms with E-state index in [1.54, 1.807) is 9.80 Å². The van der Waals surface area contributed by atoms with E-state index in [-0.39, 0.29) is 18.6 Å². The Bertz CT molecular complexity index is 286. The minimum Gasteiger partial charge on any atom is -0.449 e. The molecule has 0 aromatic carbocycles. The van der Waals surface area contributed by atoms with Gasteiger partial charge in [-0.25, -0.2) is 4.79 Å². The first-order chi connectivity index (χ1) is 8.54. The van der Waals surface area contributed by atoms with E-state index in [0.717, 1.165) is 0 Å². The third-order valence-corrected chi connectivity index (χ3v) is 2.70. The van der Waals surface area contributed by atoms with Crippen LogP contribution in [-0.2, 0) is 14.3 Å². The molecule has 6 heteroatoms. The lowest BCUT2D eigenvalue weighted by atomic mass is 10.2. The molecular formula is C12H22N2O4. The molecule has 1 heterocycles. The number of hydrogen-bond acceptors (Lipinski definition) is 4. The fraction of sp³-hybridized carbons (Fsp3) is 0.833. The van der Waals surface area contributed by atoms with E-state index in [2.05, 4.69) is 0 Å². The van der Waals surface area contributed by atoms with Crippen LogP contribution in [0, 0.1) is 5.92 Å². The summed E-state index contributed by atoms with van der Waals surface area (Å²) in [6.07, 6.45) is -0.289. The van der Waals surface area contributed by atoms with Gasteiger partial charge >= 0.3 is 6.09 Å². The number of carbonyl (C=O) groups is 2. The Morgan fingerprint density at radius 3 is 2.17 bits per heavy atom. The maximum Gasteiger partial charge on any atom is 0.409 e. The normalized spacial score (nSPS) is 16.0. The van der Waals surface area contributed by atoms with Gasteiger partial charge in [0.2, 0.25) is 5.91 Å². The Morgan fingerprint density at radius 1 is 1.11 bits per heavy atom.